The zero-order valence-corrected chi connectivity index (χ0v) is 19.9. The number of phenols is 2. The lowest BCUT2D eigenvalue weighted by Gasteiger charge is -2.21. The van der Waals surface area contributed by atoms with E-state index in [0.29, 0.717) is 46.2 Å². The molecule has 0 atom stereocenters. The summed E-state index contributed by atoms with van der Waals surface area (Å²) in [6, 6.07) is 13.4. The number of methoxy groups -OCH3 is 2. The summed E-state index contributed by atoms with van der Waals surface area (Å²) in [5.41, 5.74) is 4.08. The number of rotatable bonds is 8. The lowest BCUT2D eigenvalue weighted by atomic mass is 9.95. The first kappa shape index (κ1) is 24.5. The Balaban J connectivity index is 2.20. The van der Waals surface area contributed by atoms with E-state index in [1.54, 1.807) is 48.5 Å². The van der Waals surface area contributed by atoms with Gasteiger partial charge in [0.1, 0.15) is 18.1 Å². The number of carbonyl (C=O) groups is 1. The van der Waals surface area contributed by atoms with Gasteiger partial charge in [-0.3, -0.25) is 4.79 Å². The van der Waals surface area contributed by atoms with E-state index >= 15 is 0 Å². The van der Waals surface area contributed by atoms with Gasteiger partial charge >= 0.3 is 0 Å². The fourth-order valence-electron chi connectivity index (χ4n) is 3.54. The third-order valence-electron chi connectivity index (χ3n) is 5.12. The highest BCUT2D eigenvalue weighted by Crippen LogP contribution is 2.49. The summed E-state index contributed by atoms with van der Waals surface area (Å²) in [5, 5.41) is 23.1. The van der Waals surface area contributed by atoms with Crippen LogP contribution in [0.5, 0.6) is 28.7 Å². The smallest absolute Gasteiger partial charge is 0.221 e. The van der Waals surface area contributed by atoms with Crippen molar-refractivity contribution in [2.24, 2.45) is 0 Å². The molecule has 3 rings (SSSR count). The molecule has 178 valence electrons. The highest BCUT2D eigenvalue weighted by molar-refractivity contribution is 6.02. The molecule has 0 spiro atoms. The molecular weight excluding hydrogens is 434 g/mol. The molecule has 0 aliphatic heterocycles. The fourth-order valence-corrected chi connectivity index (χ4v) is 3.54. The highest BCUT2D eigenvalue weighted by atomic mass is 16.5. The van der Waals surface area contributed by atoms with Crippen molar-refractivity contribution in [1.29, 1.82) is 0 Å². The van der Waals surface area contributed by atoms with Gasteiger partial charge in [0.25, 0.3) is 0 Å². The van der Waals surface area contributed by atoms with Gasteiger partial charge in [-0.25, -0.2) is 0 Å². The Morgan fingerprint density at radius 1 is 0.912 bits per heavy atom. The normalized spacial score (nSPS) is 10.4. The van der Waals surface area contributed by atoms with Crippen LogP contribution < -0.4 is 19.5 Å². The number of allylic oxidation sites excluding steroid dienone is 1. The summed E-state index contributed by atoms with van der Waals surface area (Å²) in [4.78, 5) is 12.1. The van der Waals surface area contributed by atoms with Gasteiger partial charge in [-0.1, -0.05) is 23.8 Å². The zero-order chi connectivity index (χ0) is 24.8. The number of carbonyl (C=O) groups excluding carboxylic acids is 1. The van der Waals surface area contributed by atoms with Crippen molar-refractivity contribution >= 4 is 11.6 Å². The molecule has 3 aromatic carbocycles. The number of amides is 1. The molecule has 3 aromatic rings. The predicted molar refractivity (Wildman–Crippen MR) is 133 cm³/mol. The lowest BCUT2D eigenvalue weighted by Crippen LogP contribution is -2.10. The molecule has 0 fully saturated rings. The molecule has 7 heteroatoms. The van der Waals surface area contributed by atoms with Crippen molar-refractivity contribution < 1.29 is 29.2 Å². The summed E-state index contributed by atoms with van der Waals surface area (Å²) >= 11 is 0. The van der Waals surface area contributed by atoms with Crippen LogP contribution in [-0.4, -0.2) is 36.9 Å². The van der Waals surface area contributed by atoms with Crippen LogP contribution in [0.2, 0.25) is 0 Å². The Bertz CT molecular complexity index is 1210. The summed E-state index contributed by atoms with van der Waals surface area (Å²) in [5.74, 6) is 1.02. The van der Waals surface area contributed by atoms with Crippen LogP contribution in [-0.2, 0) is 4.79 Å². The van der Waals surface area contributed by atoms with Crippen LogP contribution in [0.15, 0.2) is 60.2 Å². The third-order valence-corrected chi connectivity index (χ3v) is 5.12. The van der Waals surface area contributed by atoms with Gasteiger partial charge in [0.2, 0.25) is 5.91 Å². The van der Waals surface area contributed by atoms with E-state index in [-0.39, 0.29) is 17.4 Å². The summed E-state index contributed by atoms with van der Waals surface area (Å²) < 4.78 is 17.1. The van der Waals surface area contributed by atoms with Gasteiger partial charge < -0.3 is 29.7 Å². The van der Waals surface area contributed by atoms with Gasteiger partial charge in [-0.2, -0.15) is 0 Å². The van der Waals surface area contributed by atoms with E-state index in [0.717, 1.165) is 11.1 Å². The maximum Gasteiger partial charge on any atom is 0.221 e. The number of nitrogens with one attached hydrogen (secondary N) is 1. The molecule has 1 amide bonds. The maximum atomic E-state index is 12.1. The largest absolute Gasteiger partial charge is 0.508 e. The van der Waals surface area contributed by atoms with E-state index in [1.165, 1.54) is 21.1 Å². The molecule has 0 aromatic heterocycles. The minimum atomic E-state index is -0.296. The van der Waals surface area contributed by atoms with Crippen LogP contribution in [0, 0.1) is 0 Å². The molecular formula is C27H29NO6. The summed E-state index contributed by atoms with van der Waals surface area (Å²) in [6.45, 7) is 5.68. The second-order valence-corrected chi connectivity index (χ2v) is 7.91. The zero-order valence-electron chi connectivity index (χ0n) is 19.9. The van der Waals surface area contributed by atoms with Crippen LogP contribution in [0.1, 0.15) is 20.8 Å². The van der Waals surface area contributed by atoms with E-state index in [4.69, 9.17) is 14.2 Å². The number of hydrogen-bond acceptors (Lipinski definition) is 6. The Hall–Kier alpha value is -4.13. The number of hydrogen-bond donors (Lipinski definition) is 3. The first-order chi connectivity index (χ1) is 16.2. The highest BCUT2D eigenvalue weighted by Gasteiger charge is 2.23. The average Bonchev–Trinajstić information content (AvgIpc) is 2.79. The number of benzene rings is 3. The predicted octanol–water partition coefficient (Wildman–Crippen LogP) is 5.75. The molecule has 0 unspecified atom stereocenters. The standard InChI is InChI=1S/C27H29NO6/c1-16(2)12-13-34-23-11-8-19(14-22(23)31)25-24(32-4)15-21(18-6-9-20(30)10-7-18)27(33-5)26(25)28-17(3)29/h6-12,14-15,30-31H,13H2,1-5H3,(H,28,29). The van der Waals surface area contributed by atoms with Crippen molar-refractivity contribution in [1.82, 2.24) is 0 Å². The van der Waals surface area contributed by atoms with Crippen LogP contribution in [0.3, 0.4) is 0 Å². The van der Waals surface area contributed by atoms with Crippen molar-refractivity contribution in [2.75, 3.05) is 26.1 Å². The molecule has 0 aliphatic carbocycles. The molecule has 3 N–H and O–H groups in total. The minimum absolute atomic E-state index is 0.0444. The van der Waals surface area contributed by atoms with E-state index in [9.17, 15) is 15.0 Å². The van der Waals surface area contributed by atoms with E-state index in [2.05, 4.69) is 5.32 Å². The molecule has 0 bridgehead atoms. The van der Waals surface area contributed by atoms with Crippen molar-refractivity contribution in [3.05, 3.63) is 60.2 Å². The fraction of sp³-hybridized carbons (Fsp3) is 0.222. The van der Waals surface area contributed by atoms with Crippen molar-refractivity contribution in [2.45, 2.75) is 20.8 Å². The average molecular weight is 464 g/mol. The maximum absolute atomic E-state index is 12.1. The summed E-state index contributed by atoms with van der Waals surface area (Å²) in [6.07, 6.45) is 1.91. The number of ether oxygens (including phenoxy) is 3. The number of aromatic hydroxyl groups is 2. The Labute approximate surface area is 199 Å². The number of phenolic OH excluding ortho intramolecular Hbond substituents is 2. The van der Waals surface area contributed by atoms with Crippen LogP contribution >= 0.6 is 0 Å². The van der Waals surface area contributed by atoms with Gasteiger partial charge in [0.05, 0.1) is 25.5 Å². The van der Waals surface area contributed by atoms with Crippen molar-refractivity contribution in [3.8, 4) is 51.0 Å². The van der Waals surface area contributed by atoms with Crippen LogP contribution in [0.25, 0.3) is 22.3 Å². The van der Waals surface area contributed by atoms with Crippen LogP contribution in [0.4, 0.5) is 5.69 Å². The molecule has 0 aliphatic rings. The molecule has 34 heavy (non-hydrogen) atoms. The minimum Gasteiger partial charge on any atom is -0.508 e. The Kier molecular flexibility index (Phi) is 7.68. The van der Waals surface area contributed by atoms with Gasteiger partial charge in [0, 0.05) is 12.5 Å². The molecule has 7 nitrogen and oxygen atoms in total. The molecule has 0 radical (unpaired) electrons. The van der Waals surface area contributed by atoms with Crippen molar-refractivity contribution in [3.63, 3.8) is 0 Å². The van der Waals surface area contributed by atoms with Gasteiger partial charge in [0.15, 0.2) is 17.2 Å². The topological polar surface area (TPSA) is 97.2 Å². The van der Waals surface area contributed by atoms with E-state index < -0.39 is 0 Å². The second-order valence-electron chi connectivity index (χ2n) is 7.91. The molecule has 0 heterocycles. The third kappa shape index (κ3) is 5.43. The quantitative estimate of drug-likeness (QED) is 0.368. The van der Waals surface area contributed by atoms with Gasteiger partial charge in [-0.15, -0.1) is 0 Å². The first-order valence-corrected chi connectivity index (χ1v) is 10.7. The molecule has 0 saturated carbocycles. The monoisotopic (exact) mass is 463 g/mol. The summed E-state index contributed by atoms with van der Waals surface area (Å²) in [7, 11) is 3.04. The molecule has 0 saturated heterocycles. The van der Waals surface area contributed by atoms with E-state index in [1.807, 2.05) is 19.9 Å². The van der Waals surface area contributed by atoms with Gasteiger partial charge in [-0.05, 0) is 61.4 Å². The number of anilines is 1. The first-order valence-electron chi connectivity index (χ1n) is 10.7. The Morgan fingerprint density at radius 3 is 2.15 bits per heavy atom. The lowest BCUT2D eigenvalue weighted by molar-refractivity contribution is -0.114. The Morgan fingerprint density at radius 2 is 1.59 bits per heavy atom. The second kappa shape index (κ2) is 10.7. The SMILES string of the molecule is COc1cc(-c2ccc(O)cc2)c(OC)c(NC(C)=O)c1-c1ccc(OCC=C(C)C)c(O)c1.